The fourth-order valence-corrected chi connectivity index (χ4v) is 7.95. The Balaban J connectivity index is 0.00000451. The Bertz CT molecular complexity index is 1900. The van der Waals surface area contributed by atoms with Gasteiger partial charge in [0.2, 0.25) is 0 Å². The minimum absolute atomic E-state index is 0. The molecule has 2 fully saturated rings. The van der Waals surface area contributed by atoms with E-state index in [1.807, 2.05) is 39.0 Å². The summed E-state index contributed by atoms with van der Waals surface area (Å²) in [5, 5.41) is 23.0. The van der Waals surface area contributed by atoms with Gasteiger partial charge in [-0.05, 0) is 57.8 Å². The standard InChI is InChI=1S/C37H43N4O6.Mg/c1-9-21-16(3)23-15-28-30(20(7)42)18(5)25(39-28)13-24-17(4)22(11-12-29(43)47-10-2)34(40-24)32-33(37(45)46-8)36(44)31-19(6)26(41-35(31)32)14-27(21)38-23;/h13-17,21-22,33-34H,9-12H2,1-8H3,(H2-,38,39,42,44);/q-3;+2/p-1/b24-13-,27-14-;/t16-,17+,21-,22+,33-,34?;/m1./s1. The van der Waals surface area contributed by atoms with Gasteiger partial charge in [-0.1, -0.05) is 68.2 Å². The van der Waals surface area contributed by atoms with Crippen LogP contribution in [0, 0.1) is 43.4 Å². The molecule has 250 valence electrons. The molecule has 1 unspecified atom stereocenters. The number of allylic oxidation sites excluding steroid dienone is 3. The fourth-order valence-electron chi connectivity index (χ4n) is 7.95. The third-order valence-electron chi connectivity index (χ3n) is 10.5. The van der Waals surface area contributed by atoms with Gasteiger partial charge in [0, 0.05) is 17.2 Å². The van der Waals surface area contributed by atoms with Gasteiger partial charge in [-0.15, -0.1) is 22.4 Å². The number of carbonyl (C=O) groups excluding carboxylic acids is 3. The van der Waals surface area contributed by atoms with E-state index >= 15 is 0 Å². The molecule has 5 heterocycles. The van der Waals surface area contributed by atoms with Crippen LogP contribution < -0.4 is 20.5 Å². The summed E-state index contributed by atoms with van der Waals surface area (Å²) in [5.41, 5.74) is 6.95. The average molecular weight is 663 g/mol. The number of esters is 2. The number of nitrogens with zero attached hydrogens (tertiary/aromatic N) is 4. The molecule has 6 rings (SSSR count). The number of aromatic nitrogens is 2. The number of hydrogen-bond acceptors (Lipinski definition) is 6. The molecule has 48 heavy (non-hydrogen) atoms. The van der Waals surface area contributed by atoms with Crippen molar-refractivity contribution in [2.24, 2.45) is 29.6 Å². The molecule has 10 nitrogen and oxygen atoms in total. The van der Waals surface area contributed by atoms with Crippen LogP contribution in [0.1, 0.15) is 92.4 Å². The molecule has 0 radical (unpaired) electrons. The molecule has 11 heteroatoms. The first-order valence-corrected chi connectivity index (χ1v) is 16.5. The molecule has 0 spiro atoms. The Morgan fingerprint density at radius 1 is 0.917 bits per heavy atom. The fraction of sp³-hybridized carbons (Fsp3) is 0.486. The maximum absolute atomic E-state index is 13.4. The number of Topliss-reactive ketones (excluding diaryl/α,β-unsaturated/α-hetero) is 1. The van der Waals surface area contributed by atoms with Gasteiger partial charge in [0.1, 0.15) is 11.7 Å². The smallest absolute Gasteiger partial charge is 0.681 e. The molecule has 1 N–H and O–H groups in total. The first kappa shape index (κ1) is 35.6. The Morgan fingerprint density at radius 3 is 2.23 bits per heavy atom. The number of aliphatic hydroxyl groups excluding tert-OH is 1. The van der Waals surface area contributed by atoms with Crippen LogP contribution in [0.2, 0.25) is 0 Å². The number of ketones is 1. The molecular weight excluding hydrogens is 621 g/mol. The predicted molar refractivity (Wildman–Crippen MR) is 185 cm³/mol. The molecule has 3 aliphatic heterocycles. The van der Waals surface area contributed by atoms with Gasteiger partial charge in [0.15, 0.2) is 5.78 Å². The van der Waals surface area contributed by atoms with E-state index in [-0.39, 0.29) is 77.3 Å². The van der Waals surface area contributed by atoms with Crippen molar-refractivity contribution in [3.05, 3.63) is 72.1 Å². The quantitative estimate of drug-likeness (QED) is 0.253. The average Bonchev–Trinajstić information content (AvgIpc) is 3.77. The summed E-state index contributed by atoms with van der Waals surface area (Å²) in [6.45, 7) is 13.7. The van der Waals surface area contributed by atoms with E-state index in [9.17, 15) is 19.5 Å². The largest absolute Gasteiger partial charge is 2.00 e. The second-order valence-electron chi connectivity index (χ2n) is 13.1. The molecule has 8 bridgehead atoms. The van der Waals surface area contributed by atoms with Crippen molar-refractivity contribution in [1.82, 2.24) is 9.97 Å². The first-order chi connectivity index (χ1) is 22.4. The van der Waals surface area contributed by atoms with Gasteiger partial charge in [-0.25, -0.2) is 0 Å². The topological polar surface area (TPSA) is 146 Å². The van der Waals surface area contributed by atoms with Crippen molar-refractivity contribution in [2.75, 3.05) is 13.7 Å². The number of carbonyl (C=O) groups is 3. The Kier molecular flexibility index (Phi) is 10.1. The second kappa shape index (κ2) is 13.7. The van der Waals surface area contributed by atoms with Crippen molar-refractivity contribution in [2.45, 2.75) is 73.8 Å². The third-order valence-corrected chi connectivity index (χ3v) is 10.5. The van der Waals surface area contributed by atoms with E-state index in [4.69, 9.17) is 30.1 Å². The molecule has 2 aromatic heterocycles. The zero-order valence-corrected chi connectivity index (χ0v) is 30.4. The second-order valence-corrected chi connectivity index (χ2v) is 13.1. The zero-order valence-electron chi connectivity index (χ0n) is 29.0. The third kappa shape index (κ3) is 5.72. The maximum atomic E-state index is 13.4. The summed E-state index contributed by atoms with van der Waals surface area (Å²) in [6.07, 6.45) is 7.27. The summed E-state index contributed by atoms with van der Waals surface area (Å²) in [4.78, 5) is 48.9. The predicted octanol–water partition coefficient (Wildman–Crippen LogP) is 4.80. The van der Waals surface area contributed by atoms with Gasteiger partial charge in [-0.3, -0.25) is 14.4 Å². The zero-order chi connectivity index (χ0) is 33.9. The molecule has 0 amide bonds. The molecule has 4 aliphatic rings. The number of rotatable bonds is 7. The summed E-state index contributed by atoms with van der Waals surface area (Å²) in [7, 11) is 1.30. The Hall–Kier alpha value is -3.70. The van der Waals surface area contributed by atoms with Gasteiger partial charge in [0.05, 0.1) is 13.7 Å². The molecule has 1 aliphatic carbocycles. The van der Waals surface area contributed by atoms with Crippen molar-refractivity contribution < 1.29 is 29.0 Å². The van der Waals surface area contributed by atoms with E-state index in [0.717, 1.165) is 34.6 Å². The molecule has 0 saturated carbocycles. The number of ether oxygens (including phenoxy) is 2. The number of fused-ring (bicyclic) bond motifs is 8. The summed E-state index contributed by atoms with van der Waals surface area (Å²) in [5.74, 6) is -2.35. The van der Waals surface area contributed by atoms with Crippen LogP contribution in [0.5, 0.6) is 0 Å². The summed E-state index contributed by atoms with van der Waals surface area (Å²) < 4.78 is 10.5. The van der Waals surface area contributed by atoms with Gasteiger partial charge >= 0.3 is 35.0 Å². The van der Waals surface area contributed by atoms with Gasteiger partial charge < -0.3 is 35.2 Å². The molecular formula is C37H42MgN4O6-2. The van der Waals surface area contributed by atoms with E-state index < -0.39 is 17.9 Å². The summed E-state index contributed by atoms with van der Waals surface area (Å²) >= 11 is 0. The van der Waals surface area contributed by atoms with Crippen LogP contribution in [0.4, 0.5) is 0 Å². The van der Waals surface area contributed by atoms with Crippen molar-refractivity contribution >= 4 is 70.3 Å². The SMILES string of the molecule is CCOC(=O)CC[C@@H]1C2[N-]/C(=C\c3[n-]c(c(C(C)=O)c3C)/C=C3\[N-]/C(=C\c4[n-]c5c(c4C)=C(O)[C@H](C(=O)OC)C=52)[C@H](CC)[C@H]3C)[C@H]1C.[Mg+2]. The molecule has 2 saturated heterocycles. The van der Waals surface area contributed by atoms with Crippen LogP contribution in [0.15, 0.2) is 17.1 Å². The van der Waals surface area contributed by atoms with Crippen LogP contribution in [-0.2, 0) is 19.1 Å². The van der Waals surface area contributed by atoms with E-state index in [1.54, 1.807) is 13.8 Å². The first-order valence-electron chi connectivity index (χ1n) is 16.5. The number of hydrogen-bond donors (Lipinski definition) is 1. The maximum Gasteiger partial charge on any atom is 2.00 e. The van der Waals surface area contributed by atoms with E-state index in [1.165, 1.54) is 7.11 Å². The normalized spacial score (nSPS) is 28.6. The summed E-state index contributed by atoms with van der Waals surface area (Å²) in [6, 6.07) is -0.589. The number of methoxy groups -OCH3 is 1. The van der Waals surface area contributed by atoms with Crippen LogP contribution in [-0.4, -0.2) is 65.6 Å². The van der Waals surface area contributed by atoms with Crippen molar-refractivity contribution in [1.29, 1.82) is 0 Å². The van der Waals surface area contributed by atoms with Crippen LogP contribution in [0.3, 0.4) is 0 Å². The molecule has 6 atom stereocenters. The Morgan fingerprint density at radius 2 is 1.58 bits per heavy atom. The minimum atomic E-state index is -1.08. The van der Waals surface area contributed by atoms with Gasteiger partial charge in [-0.2, -0.15) is 17.1 Å². The minimum Gasteiger partial charge on any atom is -0.681 e. The monoisotopic (exact) mass is 662 g/mol. The molecule has 2 aromatic rings. The van der Waals surface area contributed by atoms with Crippen LogP contribution in [0.25, 0.3) is 40.2 Å². The van der Waals surface area contributed by atoms with E-state index in [2.05, 4.69) is 13.8 Å². The van der Waals surface area contributed by atoms with Crippen LogP contribution >= 0.6 is 0 Å². The van der Waals surface area contributed by atoms with E-state index in [0.29, 0.717) is 45.2 Å². The van der Waals surface area contributed by atoms with Crippen molar-refractivity contribution in [3.63, 3.8) is 0 Å². The Labute approximate surface area is 297 Å². The molecule has 0 aromatic carbocycles. The van der Waals surface area contributed by atoms with Gasteiger partial charge in [0.25, 0.3) is 0 Å². The number of aliphatic hydroxyl groups is 1. The van der Waals surface area contributed by atoms with Crippen molar-refractivity contribution in [3.8, 4) is 0 Å².